The maximum Gasteiger partial charge on any atom is 0.152 e. The van der Waals surface area contributed by atoms with Crippen molar-refractivity contribution in [2.75, 3.05) is 0 Å². The molecule has 0 aliphatic rings. The van der Waals surface area contributed by atoms with Gasteiger partial charge in [-0.1, -0.05) is 0 Å². The van der Waals surface area contributed by atoms with Crippen molar-refractivity contribution in [3.8, 4) is 11.5 Å². The number of aromatic hydroxyl groups is 2. The summed E-state index contributed by atoms with van der Waals surface area (Å²) in [6, 6.07) is 1.72. The Morgan fingerprint density at radius 1 is 0.923 bits per heavy atom. The summed E-state index contributed by atoms with van der Waals surface area (Å²) in [5.41, 5.74) is -0.662. The second-order valence-corrected chi connectivity index (χ2v) is 2.01. The molecule has 4 N–H and O–H groups in total. The van der Waals surface area contributed by atoms with Gasteiger partial charge < -0.3 is 15.7 Å². The first-order chi connectivity index (χ1) is 5.69. The largest absolute Gasteiger partial charge is 0.505 e. The Labute approximate surface area is 71.9 Å². The van der Waals surface area contributed by atoms with Crippen LogP contribution in [0.15, 0.2) is 22.5 Å². The maximum atomic E-state index is 9.97. The molecule has 0 bridgehead atoms. The molecule has 0 fully saturated rings. The van der Waals surface area contributed by atoms with Gasteiger partial charge in [-0.05, 0) is 10.4 Å². The van der Waals surface area contributed by atoms with Crippen LogP contribution in [0.5, 0.6) is 11.5 Å². The first-order valence-electron chi connectivity index (χ1n) is 2.91. The van der Waals surface area contributed by atoms with Crippen molar-refractivity contribution in [2.45, 2.75) is 0 Å². The Morgan fingerprint density at radius 2 is 1.31 bits per heavy atom. The number of rotatable bonds is 2. The summed E-state index contributed by atoms with van der Waals surface area (Å²) in [7, 11) is 0. The minimum Gasteiger partial charge on any atom is -0.505 e. The molecule has 7 nitrogen and oxygen atoms in total. The van der Waals surface area contributed by atoms with Crippen LogP contribution in [0.4, 0.5) is 11.4 Å². The van der Waals surface area contributed by atoms with E-state index < -0.39 is 11.5 Å². The molecular weight excluding hydrogens is 180 g/mol. The van der Waals surface area contributed by atoms with Crippen LogP contribution in [0.25, 0.3) is 0 Å². The standard InChI is InChI=1S/C6H4N2O4.H2O/c9-5-2-6(10)4(8-12)1-3(5)7-11;/h1-2,9-10H;1H2. The SMILES string of the molecule is O.O=Nc1cc(N=O)c(O)cc1O. The highest BCUT2D eigenvalue weighted by molar-refractivity contribution is 5.65. The van der Waals surface area contributed by atoms with E-state index in [9.17, 15) is 9.81 Å². The molecule has 0 amide bonds. The normalized spacial score (nSPS) is 8.62. The molecule has 0 aliphatic carbocycles. The molecule has 1 aromatic rings. The topological polar surface area (TPSA) is 131 Å². The van der Waals surface area contributed by atoms with E-state index >= 15 is 0 Å². The highest BCUT2D eigenvalue weighted by atomic mass is 16.3. The Balaban J connectivity index is 0.00000144. The Bertz CT molecular complexity index is 309. The molecule has 1 rings (SSSR count). The lowest BCUT2D eigenvalue weighted by molar-refractivity contribution is 0.452. The van der Waals surface area contributed by atoms with Gasteiger partial charge in [0.2, 0.25) is 0 Å². The van der Waals surface area contributed by atoms with E-state index in [-0.39, 0.29) is 16.9 Å². The monoisotopic (exact) mass is 186 g/mol. The molecule has 0 atom stereocenters. The molecule has 7 heteroatoms. The van der Waals surface area contributed by atoms with Crippen molar-refractivity contribution in [3.05, 3.63) is 21.9 Å². The smallest absolute Gasteiger partial charge is 0.152 e. The lowest BCUT2D eigenvalue weighted by Gasteiger charge is -1.97. The zero-order valence-electron chi connectivity index (χ0n) is 6.26. The van der Waals surface area contributed by atoms with Gasteiger partial charge in [-0.25, -0.2) is 0 Å². The van der Waals surface area contributed by atoms with Crippen molar-refractivity contribution in [1.82, 2.24) is 0 Å². The first-order valence-corrected chi connectivity index (χ1v) is 2.91. The fraction of sp³-hybridized carbons (Fsp3) is 0. The van der Waals surface area contributed by atoms with Gasteiger partial charge in [-0.3, -0.25) is 0 Å². The molecular formula is C6H6N2O5. The second-order valence-electron chi connectivity index (χ2n) is 2.01. The highest BCUT2D eigenvalue weighted by Gasteiger charge is 2.08. The molecule has 0 aromatic heterocycles. The van der Waals surface area contributed by atoms with Crippen LogP contribution in [0.3, 0.4) is 0 Å². The fourth-order valence-electron chi connectivity index (χ4n) is 0.701. The van der Waals surface area contributed by atoms with Gasteiger partial charge in [-0.15, -0.1) is 9.81 Å². The van der Waals surface area contributed by atoms with Crippen LogP contribution in [0, 0.1) is 9.81 Å². The van der Waals surface area contributed by atoms with E-state index in [2.05, 4.69) is 10.4 Å². The van der Waals surface area contributed by atoms with Crippen LogP contribution < -0.4 is 0 Å². The molecule has 0 saturated heterocycles. The van der Waals surface area contributed by atoms with Crippen molar-refractivity contribution in [2.24, 2.45) is 10.4 Å². The zero-order chi connectivity index (χ0) is 9.14. The summed E-state index contributed by atoms with van der Waals surface area (Å²) in [4.78, 5) is 19.9. The van der Waals surface area contributed by atoms with Crippen molar-refractivity contribution >= 4 is 11.4 Å². The molecule has 0 unspecified atom stereocenters. The zero-order valence-corrected chi connectivity index (χ0v) is 6.26. The average Bonchev–Trinajstić information content (AvgIpc) is 2.05. The summed E-state index contributed by atoms with van der Waals surface area (Å²) in [5, 5.41) is 22.6. The number of hydrogen-bond acceptors (Lipinski definition) is 6. The molecule has 13 heavy (non-hydrogen) atoms. The molecule has 1 aromatic carbocycles. The molecule has 0 saturated carbocycles. The summed E-state index contributed by atoms with van der Waals surface area (Å²) >= 11 is 0. The van der Waals surface area contributed by atoms with E-state index in [4.69, 9.17) is 10.2 Å². The van der Waals surface area contributed by atoms with Gasteiger partial charge in [0.1, 0.15) is 11.5 Å². The second kappa shape index (κ2) is 4.12. The lowest BCUT2D eigenvalue weighted by Crippen LogP contribution is -1.70. The first kappa shape index (κ1) is 11.0. The van der Waals surface area contributed by atoms with E-state index in [1.165, 1.54) is 0 Å². The number of nitroso groups, excluding NO2 is 2. The molecule has 0 radical (unpaired) electrons. The van der Waals surface area contributed by atoms with Crippen molar-refractivity contribution in [1.29, 1.82) is 0 Å². The van der Waals surface area contributed by atoms with Gasteiger partial charge in [0, 0.05) is 12.1 Å². The maximum absolute atomic E-state index is 9.97. The van der Waals surface area contributed by atoms with Crippen molar-refractivity contribution < 1.29 is 15.7 Å². The van der Waals surface area contributed by atoms with Gasteiger partial charge in [-0.2, -0.15) is 0 Å². The van der Waals surface area contributed by atoms with E-state index in [1.807, 2.05) is 0 Å². The molecule has 0 spiro atoms. The van der Waals surface area contributed by atoms with E-state index in [0.29, 0.717) is 0 Å². The van der Waals surface area contributed by atoms with Gasteiger partial charge in [0.25, 0.3) is 0 Å². The quantitative estimate of drug-likeness (QED) is 0.668. The Morgan fingerprint density at radius 3 is 1.62 bits per heavy atom. The number of hydrogen-bond donors (Lipinski definition) is 2. The van der Waals surface area contributed by atoms with Crippen LogP contribution in [0.1, 0.15) is 0 Å². The molecule has 0 aliphatic heterocycles. The molecule has 70 valence electrons. The minimum atomic E-state index is -0.491. The Hall–Kier alpha value is -2.02. The van der Waals surface area contributed by atoms with Crippen LogP contribution in [-0.4, -0.2) is 15.7 Å². The predicted molar refractivity (Wildman–Crippen MR) is 44.3 cm³/mol. The van der Waals surface area contributed by atoms with E-state index in [1.54, 1.807) is 0 Å². The van der Waals surface area contributed by atoms with Crippen LogP contribution >= 0.6 is 0 Å². The van der Waals surface area contributed by atoms with Gasteiger partial charge >= 0.3 is 0 Å². The average molecular weight is 186 g/mol. The third-order valence-electron chi connectivity index (χ3n) is 1.27. The minimum absolute atomic E-state index is 0. The number of benzene rings is 1. The highest BCUT2D eigenvalue weighted by Crippen LogP contribution is 2.37. The van der Waals surface area contributed by atoms with Gasteiger partial charge in [0.05, 0.1) is 0 Å². The molecule has 0 heterocycles. The third kappa shape index (κ3) is 1.97. The third-order valence-corrected chi connectivity index (χ3v) is 1.27. The predicted octanol–water partition coefficient (Wildman–Crippen LogP) is 1.07. The van der Waals surface area contributed by atoms with Gasteiger partial charge in [0.15, 0.2) is 11.4 Å². The summed E-state index contributed by atoms with van der Waals surface area (Å²) in [6.45, 7) is 0. The van der Waals surface area contributed by atoms with Crippen LogP contribution in [0.2, 0.25) is 0 Å². The Kier molecular flexibility index (Phi) is 3.48. The lowest BCUT2D eigenvalue weighted by atomic mass is 10.2. The van der Waals surface area contributed by atoms with E-state index in [0.717, 1.165) is 12.1 Å². The number of nitrogens with zero attached hydrogens (tertiary/aromatic N) is 2. The summed E-state index contributed by atoms with van der Waals surface area (Å²) in [6.07, 6.45) is 0. The summed E-state index contributed by atoms with van der Waals surface area (Å²) < 4.78 is 0. The number of phenolic OH excluding ortho intramolecular Hbond substituents is 2. The fourth-order valence-corrected chi connectivity index (χ4v) is 0.701. The van der Waals surface area contributed by atoms with Crippen molar-refractivity contribution in [3.63, 3.8) is 0 Å². The number of phenols is 2. The summed E-state index contributed by atoms with van der Waals surface area (Å²) in [5.74, 6) is -0.982. The van der Waals surface area contributed by atoms with Crippen LogP contribution in [-0.2, 0) is 0 Å².